The third-order valence-corrected chi connectivity index (χ3v) is 6.47. The van der Waals surface area contributed by atoms with Crippen LogP contribution in [0, 0.1) is 6.92 Å². The summed E-state index contributed by atoms with van der Waals surface area (Å²) in [5, 5.41) is 0. The summed E-state index contributed by atoms with van der Waals surface area (Å²) in [4.78, 5) is 15.2. The SMILES string of the molecule is Cc1ccc(N(Cc2ccco2)C(=O)c2ccc3c(c2)CCCN3S(C)(=O)=O)cc1. The largest absolute Gasteiger partial charge is 0.467 e. The molecule has 2 heterocycles. The van der Waals surface area contributed by atoms with Gasteiger partial charge in [0.25, 0.3) is 5.91 Å². The lowest BCUT2D eigenvalue weighted by atomic mass is 10.00. The molecule has 0 aliphatic carbocycles. The molecule has 2 aromatic carbocycles. The van der Waals surface area contributed by atoms with Crippen molar-refractivity contribution in [3.05, 3.63) is 83.3 Å². The highest BCUT2D eigenvalue weighted by Gasteiger charge is 2.26. The molecule has 1 aliphatic rings. The molecule has 6 nitrogen and oxygen atoms in total. The Kier molecular flexibility index (Phi) is 5.39. The fourth-order valence-electron chi connectivity index (χ4n) is 3.76. The lowest BCUT2D eigenvalue weighted by molar-refractivity contribution is 0.0983. The van der Waals surface area contributed by atoms with Crippen molar-refractivity contribution in [1.29, 1.82) is 0 Å². The molecule has 0 saturated carbocycles. The van der Waals surface area contributed by atoms with Crippen molar-refractivity contribution < 1.29 is 17.6 Å². The maximum atomic E-state index is 13.5. The van der Waals surface area contributed by atoms with Gasteiger partial charge < -0.3 is 9.32 Å². The Bertz CT molecular complexity index is 1150. The van der Waals surface area contributed by atoms with Crippen LogP contribution in [-0.4, -0.2) is 27.1 Å². The maximum absolute atomic E-state index is 13.5. The molecule has 7 heteroatoms. The first-order valence-corrected chi connectivity index (χ1v) is 11.7. The minimum atomic E-state index is -3.34. The van der Waals surface area contributed by atoms with Gasteiger partial charge in [-0.15, -0.1) is 0 Å². The zero-order valence-electron chi connectivity index (χ0n) is 17.0. The summed E-state index contributed by atoms with van der Waals surface area (Å²) in [5.41, 5.74) is 3.94. The van der Waals surface area contributed by atoms with Crippen LogP contribution >= 0.6 is 0 Å². The van der Waals surface area contributed by atoms with E-state index in [0.29, 0.717) is 30.1 Å². The molecule has 0 bridgehead atoms. The molecule has 1 amide bonds. The van der Waals surface area contributed by atoms with E-state index in [1.807, 2.05) is 43.3 Å². The number of carbonyl (C=O) groups excluding carboxylic acids is 1. The van der Waals surface area contributed by atoms with Gasteiger partial charge in [-0.25, -0.2) is 8.42 Å². The topological polar surface area (TPSA) is 70.8 Å². The molecular weight excluding hydrogens is 400 g/mol. The summed E-state index contributed by atoms with van der Waals surface area (Å²) in [6.45, 7) is 2.77. The fourth-order valence-corrected chi connectivity index (χ4v) is 4.76. The number of amides is 1. The van der Waals surface area contributed by atoms with Crippen molar-refractivity contribution in [3.8, 4) is 0 Å². The van der Waals surface area contributed by atoms with Crippen LogP contribution in [0.3, 0.4) is 0 Å². The van der Waals surface area contributed by atoms with Crippen molar-refractivity contribution in [1.82, 2.24) is 0 Å². The zero-order valence-corrected chi connectivity index (χ0v) is 17.9. The highest BCUT2D eigenvalue weighted by Crippen LogP contribution is 2.31. The molecule has 0 unspecified atom stereocenters. The van der Waals surface area contributed by atoms with Gasteiger partial charge in [0.1, 0.15) is 5.76 Å². The number of sulfonamides is 1. The standard InChI is InChI=1S/C23H24N2O4S/c1-17-7-10-20(11-8-17)24(16-21-6-4-14-29-21)23(26)19-9-12-22-18(15-19)5-3-13-25(22)30(2,27)28/h4,6-12,14-15H,3,5,13,16H2,1-2H3. The molecule has 156 valence electrons. The monoisotopic (exact) mass is 424 g/mol. The second-order valence-electron chi connectivity index (χ2n) is 7.59. The molecular formula is C23H24N2O4S. The van der Waals surface area contributed by atoms with E-state index in [4.69, 9.17) is 4.42 Å². The second kappa shape index (κ2) is 7.99. The molecule has 1 aliphatic heterocycles. The van der Waals surface area contributed by atoms with Crippen LogP contribution in [0.5, 0.6) is 0 Å². The summed E-state index contributed by atoms with van der Waals surface area (Å²) in [6.07, 6.45) is 4.27. The first kappa shape index (κ1) is 20.2. The highest BCUT2D eigenvalue weighted by molar-refractivity contribution is 7.92. The van der Waals surface area contributed by atoms with E-state index in [0.717, 1.165) is 29.7 Å². The summed E-state index contributed by atoms with van der Waals surface area (Å²) >= 11 is 0. The van der Waals surface area contributed by atoms with Gasteiger partial charge >= 0.3 is 0 Å². The predicted octanol–water partition coefficient (Wildman–Crippen LogP) is 4.15. The van der Waals surface area contributed by atoms with Gasteiger partial charge in [0.05, 0.1) is 24.8 Å². The first-order valence-electron chi connectivity index (χ1n) is 9.84. The number of furan rings is 1. The van der Waals surface area contributed by atoms with Crippen LogP contribution in [-0.2, 0) is 23.0 Å². The summed E-state index contributed by atoms with van der Waals surface area (Å²) in [7, 11) is -3.34. The summed E-state index contributed by atoms with van der Waals surface area (Å²) in [5.74, 6) is 0.527. The number of hydrogen-bond acceptors (Lipinski definition) is 4. The van der Waals surface area contributed by atoms with Gasteiger partial charge in [0, 0.05) is 17.8 Å². The van der Waals surface area contributed by atoms with Crippen LogP contribution < -0.4 is 9.21 Å². The molecule has 0 radical (unpaired) electrons. The van der Waals surface area contributed by atoms with Crippen molar-refractivity contribution in [2.24, 2.45) is 0 Å². The zero-order chi connectivity index (χ0) is 21.3. The normalized spacial score (nSPS) is 13.7. The quantitative estimate of drug-likeness (QED) is 0.617. The third kappa shape index (κ3) is 4.11. The average Bonchev–Trinajstić information content (AvgIpc) is 3.24. The molecule has 0 atom stereocenters. The fraction of sp³-hybridized carbons (Fsp3) is 0.261. The lowest BCUT2D eigenvalue weighted by Gasteiger charge is -2.30. The van der Waals surface area contributed by atoms with Crippen LogP contribution in [0.1, 0.15) is 33.7 Å². The van der Waals surface area contributed by atoms with Gasteiger partial charge in [-0.2, -0.15) is 0 Å². The van der Waals surface area contributed by atoms with Crippen molar-refractivity contribution in [2.45, 2.75) is 26.3 Å². The van der Waals surface area contributed by atoms with E-state index < -0.39 is 10.0 Å². The average molecular weight is 425 g/mol. The third-order valence-electron chi connectivity index (χ3n) is 5.29. The molecule has 4 rings (SSSR count). The number of carbonyl (C=O) groups is 1. The lowest BCUT2D eigenvalue weighted by Crippen LogP contribution is -2.35. The van der Waals surface area contributed by atoms with E-state index in [1.54, 1.807) is 29.4 Å². The van der Waals surface area contributed by atoms with E-state index in [-0.39, 0.29) is 5.91 Å². The number of aryl methyl sites for hydroxylation is 2. The number of anilines is 2. The Labute approximate surface area is 176 Å². The number of benzene rings is 2. The number of hydrogen-bond donors (Lipinski definition) is 0. The van der Waals surface area contributed by atoms with E-state index in [2.05, 4.69) is 0 Å². The molecule has 1 aromatic heterocycles. The number of rotatable bonds is 5. The Morgan fingerprint density at radius 1 is 1.13 bits per heavy atom. The van der Waals surface area contributed by atoms with Gasteiger partial charge in [0.2, 0.25) is 10.0 Å². The highest BCUT2D eigenvalue weighted by atomic mass is 32.2. The van der Waals surface area contributed by atoms with E-state index in [1.165, 1.54) is 10.6 Å². The molecule has 0 saturated heterocycles. The second-order valence-corrected chi connectivity index (χ2v) is 9.50. The van der Waals surface area contributed by atoms with Gasteiger partial charge in [-0.3, -0.25) is 9.10 Å². The number of nitrogens with zero attached hydrogens (tertiary/aromatic N) is 2. The Hall–Kier alpha value is -3.06. The molecule has 3 aromatic rings. The van der Waals surface area contributed by atoms with Crippen LogP contribution in [0.15, 0.2) is 65.3 Å². The molecule has 30 heavy (non-hydrogen) atoms. The molecule has 0 fully saturated rings. The van der Waals surface area contributed by atoms with E-state index in [9.17, 15) is 13.2 Å². The smallest absolute Gasteiger partial charge is 0.258 e. The van der Waals surface area contributed by atoms with Crippen LogP contribution in [0.25, 0.3) is 0 Å². The van der Waals surface area contributed by atoms with Gasteiger partial charge in [0.15, 0.2) is 0 Å². The van der Waals surface area contributed by atoms with E-state index >= 15 is 0 Å². The van der Waals surface area contributed by atoms with Crippen molar-refractivity contribution in [2.75, 3.05) is 22.0 Å². The van der Waals surface area contributed by atoms with Gasteiger partial charge in [-0.05, 0) is 67.8 Å². The summed E-state index contributed by atoms with van der Waals surface area (Å²) in [6, 6.07) is 16.7. The minimum Gasteiger partial charge on any atom is -0.467 e. The van der Waals surface area contributed by atoms with Gasteiger partial charge in [-0.1, -0.05) is 17.7 Å². The Morgan fingerprint density at radius 2 is 1.90 bits per heavy atom. The van der Waals surface area contributed by atoms with Crippen molar-refractivity contribution >= 4 is 27.3 Å². The molecule has 0 N–H and O–H groups in total. The van der Waals surface area contributed by atoms with Crippen molar-refractivity contribution in [3.63, 3.8) is 0 Å². The summed E-state index contributed by atoms with van der Waals surface area (Å²) < 4.78 is 31.1. The first-order chi connectivity index (χ1) is 14.3. The maximum Gasteiger partial charge on any atom is 0.258 e. The van der Waals surface area contributed by atoms with Crippen LogP contribution in [0.2, 0.25) is 0 Å². The predicted molar refractivity (Wildman–Crippen MR) is 117 cm³/mol. The Balaban J connectivity index is 1.70. The van der Waals surface area contributed by atoms with Crippen LogP contribution in [0.4, 0.5) is 11.4 Å². The number of fused-ring (bicyclic) bond motifs is 1. The Morgan fingerprint density at radius 3 is 2.57 bits per heavy atom. The minimum absolute atomic E-state index is 0.158. The molecule has 0 spiro atoms.